The van der Waals surface area contributed by atoms with Crippen LogP contribution in [0.3, 0.4) is 0 Å². The van der Waals surface area contributed by atoms with Gasteiger partial charge in [-0.2, -0.15) is 0 Å². The summed E-state index contributed by atoms with van der Waals surface area (Å²) in [6, 6.07) is 0. The number of nitrogens with one attached hydrogen (secondary N) is 1. The van der Waals surface area contributed by atoms with E-state index in [2.05, 4.69) is 10.4 Å². The Balaban J connectivity index is 2.18. The highest BCUT2D eigenvalue weighted by Gasteiger charge is 2.04. The fourth-order valence-corrected chi connectivity index (χ4v) is 0.970. The third kappa shape index (κ3) is 2.30. The second kappa shape index (κ2) is 3.82. The molecule has 1 heterocycles. The van der Waals surface area contributed by atoms with Gasteiger partial charge < -0.3 is 4.74 Å². The SMILES string of the molecule is CNN1CCCOCC1. The number of ether oxygens (including phenoxy) is 1. The lowest BCUT2D eigenvalue weighted by atomic mass is 10.4. The molecular weight excluding hydrogens is 116 g/mol. The summed E-state index contributed by atoms with van der Waals surface area (Å²) in [5.41, 5.74) is 3.10. The number of hydrazine groups is 1. The van der Waals surface area contributed by atoms with Gasteiger partial charge in [-0.1, -0.05) is 0 Å². The molecule has 0 aromatic heterocycles. The highest BCUT2D eigenvalue weighted by molar-refractivity contribution is 4.53. The Hall–Kier alpha value is -0.120. The molecule has 1 rings (SSSR count). The zero-order valence-corrected chi connectivity index (χ0v) is 5.89. The summed E-state index contributed by atoms with van der Waals surface area (Å²) in [5.74, 6) is 0. The van der Waals surface area contributed by atoms with E-state index in [4.69, 9.17) is 4.74 Å². The summed E-state index contributed by atoms with van der Waals surface area (Å²) in [6.07, 6.45) is 1.14. The molecule has 9 heavy (non-hydrogen) atoms. The highest BCUT2D eigenvalue weighted by Crippen LogP contribution is 1.93. The van der Waals surface area contributed by atoms with E-state index in [1.54, 1.807) is 0 Å². The van der Waals surface area contributed by atoms with Gasteiger partial charge in [0.15, 0.2) is 0 Å². The molecule has 1 N–H and O–H groups in total. The summed E-state index contributed by atoms with van der Waals surface area (Å²) in [7, 11) is 1.95. The van der Waals surface area contributed by atoms with Gasteiger partial charge in [0.25, 0.3) is 0 Å². The minimum atomic E-state index is 0.862. The molecule has 3 heteroatoms. The topological polar surface area (TPSA) is 24.5 Å². The van der Waals surface area contributed by atoms with Crippen molar-refractivity contribution >= 4 is 0 Å². The van der Waals surface area contributed by atoms with Crippen LogP contribution in [0.5, 0.6) is 0 Å². The Labute approximate surface area is 56.0 Å². The van der Waals surface area contributed by atoms with E-state index in [-0.39, 0.29) is 0 Å². The van der Waals surface area contributed by atoms with Crippen LogP contribution in [0.25, 0.3) is 0 Å². The molecule has 0 atom stereocenters. The van der Waals surface area contributed by atoms with Gasteiger partial charge in [-0.25, -0.2) is 5.01 Å². The lowest BCUT2D eigenvalue weighted by Gasteiger charge is -2.16. The van der Waals surface area contributed by atoms with Crippen molar-refractivity contribution in [1.29, 1.82) is 0 Å². The first-order valence-corrected chi connectivity index (χ1v) is 3.43. The number of rotatable bonds is 1. The molecule has 3 nitrogen and oxygen atoms in total. The van der Waals surface area contributed by atoms with Crippen LogP contribution in [-0.4, -0.2) is 38.4 Å². The predicted octanol–water partition coefficient (Wildman–Crippen LogP) is -0.157. The molecule has 0 amide bonds. The molecule has 1 aliphatic heterocycles. The zero-order valence-electron chi connectivity index (χ0n) is 5.89. The third-order valence-corrected chi connectivity index (χ3v) is 1.54. The summed E-state index contributed by atoms with van der Waals surface area (Å²) in [6.45, 7) is 3.89. The van der Waals surface area contributed by atoms with Crippen LogP contribution in [-0.2, 0) is 4.74 Å². The number of hydrogen-bond donors (Lipinski definition) is 1. The summed E-state index contributed by atoms with van der Waals surface area (Å²) in [4.78, 5) is 0. The third-order valence-electron chi connectivity index (χ3n) is 1.54. The van der Waals surface area contributed by atoms with Gasteiger partial charge in [-0.05, 0) is 13.5 Å². The Morgan fingerprint density at radius 1 is 1.33 bits per heavy atom. The molecule has 0 aromatic carbocycles. The van der Waals surface area contributed by atoms with Crippen molar-refractivity contribution in [3.05, 3.63) is 0 Å². The lowest BCUT2D eigenvalue weighted by Crippen LogP contribution is -2.36. The van der Waals surface area contributed by atoms with Gasteiger partial charge in [0.1, 0.15) is 0 Å². The van der Waals surface area contributed by atoms with Gasteiger partial charge >= 0.3 is 0 Å². The summed E-state index contributed by atoms with van der Waals surface area (Å²) in [5, 5.41) is 2.17. The van der Waals surface area contributed by atoms with Crippen LogP contribution in [0.1, 0.15) is 6.42 Å². The largest absolute Gasteiger partial charge is 0.380 e. The normalized spacial score (nSPS) is 23.7. The monoisotopic (exact) mass is 130 g/mol. The van der Waals surface area contributed by atoms with E-state index in [1.807, 2.05) is 7.05 Å². The molecule has 1 aliphatic rings. The van der Waals surface area contributed by atoms with Gasteiger partial charge in [0.05, 0.1) is 6.61 Å². The van der Waals surface area contributed by atoms with Gasteiger partial charge in [-0.15, -0.1) is 0 Å². The summed E-state index contributed by atoms with van der Waals surface area (Å²) >= 11 is 0. The van der Waals surface area contributed by atoms with Gasteiger partial charge in [0.2, 0.25) is 0 Å². The van der Waals surface area contributed by atoms with Crippen molar-refractivity contribution in [2.75, 3.05) is 33.4 Å². The van der Waals surface area contributed by atoms with E-state index < -0.39 is 0 Å². The molecule has 0 aromatic rings. The Bertz CT molecular complexity index is 69.5. The summed E-state index contributed by atoms with van der Waals surface area (Å²) < 4.78 is 5.24. The molecule has 0 saturated carbocycles. The van der Waals surface area contributed by atoms with Crippen molar-refractivity contribution in [3.8, 4) is 0 Å². The van der Waals surface area contributed by atoms with Gasteiger partial charge in [0, 0.05) is 19.7 Å². The molecule has 1 saturated heterocycles. The van der Waals surface area contributed by atoms with E-state index >= 15 is 0 Å². The Morgan fingerprint density at radius 2 is 2.22 bits per heavy atom. The molecule has 0 unspecified atom stereocenters. The van der Waals surface area contributed by atoms with E-state index in [1.165, 1.54) is 0 Å². The highest BCUT2D eigenvalue weighted by atomic mass is 16.5. The van der Waals surface area contributed by atoms with Crippen LogP contribution in [0.4, 0.5) is 0 Å². The molecular formula is C6H14N2O. The standard InChI is InChI=1S/C6H14N2O/c1-7-8-3-2-5-9-6-4-8/h7H,2-6H2,1H3. The molecule has 0 bridgehead atoms. The van der Waals surface area contributed by atoms with Gasteiger partial charge in [-0.3, -0.25) is 5.43 Å². The second-order valence-corrected chi connectivity index (χ2v) is 2.18. The van der Waals surface area contributed by atoms with Crippen molar-refractivity contribution in [2.24, 2.45) is 0 Å². The zero-order chi connectivity index (χ0) is 6.53. The fraction of sp³-hybridized carbons (Fsp3) is 1.00. The predicted molar refractivity (Wildman–Crippen MR) is 36.1 cm³/mol. The first kappa shape index (κ1) is 6.99. The maximum Gasteiger partial charge on any atom is 0.0607 e. The van der Waals surface area contributed by atoms with Crippen LogP contribution in [0.2, 0.25) is 0 Å². The van der Waals surface area contributed by atoms with Crippen LogP contribution in [0, 0.1) is 0 Å². The van der Waals surface area contributed by atoms with Crippen LogP contribution < -0.4 is 5.43 Å². The van der Waals surface area contributed by atoms with Crippen molar-refractivity contribution in [3.63, 3.8) is 0 Å². The maximum absolute atomic E-state index is 5.24. The van der Waals surface area contributed by atoms with Crippen molar-refractivity contribution in [1.82, 2.24) is 10.4 Å². The molecule has 54 valence electrons. The van der Waals surface area contributed by atoms with Crippen molar-refractivity contribution in [2.45, 2.75) is 6.42 Å². The van der Waals surface area contributed by atoms with E-state index in [0.29, 0.717) is 0 Å². The molecule has 1 fully saturated rings. The fourth-order valence-electron chi connectivity index (χ4n) is 0.970. The first-order chi connectivity index (χ1) is 4.43. The van der Waals surface area contributed by atoms with Crippen LogP contribution in [0.15, 0.2) is 0 Å². The van der Waals surface area contributed by atoms with Crippen molar-refractivity contribution < 1.29 is 4.74 Å². The molecule has 0 spiro atoms. The lowest BCUT2D eigenvalue weighted by molar-refractivity contribution is 0.133. The molecule has 0 aliphatic carbocycles. The Kier molecular flexibility index (Phi) is 2.97. The first-order valence-electron chi connectivity index (χ1n) is 3.43. The average Bonchev–Trinajstić information content (AvgIpc) is 2.13. The molecule has 0 radical (unpaired) electrons. The minimum absolute atomic E-state index is 0.862. The minimum Gasteiger partial charge on any atom is -0.380 e. The second-order valence-electron chi connectivity index (χ2n) is 2.18. The maximum atomic E-state index is 5.24. The average molecular weight is 130 g/mol. The Morgan fingerprint density at radius 3 is 3.00 bits per heavy atom. The van der Waals surface area contributed by atoms with Crippen LogP contribution >= 0.6 is 0 Å². The van der Waals surface area contributed by atoms with E-state index in [0.717, 1.165) is 32.7 Å². The number of hydrogen-bond acceptors (Lipinski definition) is 3. The smallest absolute Gasteiger partial charge is 0.0607 e. The van der Waals surface area contributed by atoms with E-state index in [9.17, 15) is 0 Å². The number of nitrogens with zero attached hydrogens (tertiary/aromatic N) is 1. The quantitative estimate of drug-likeness (QED) is 0.534.